The molecule has 0 aliphatic heterocycles. The first-order valence-corrected chi connectivity index (χ1v) is 8.04. The van der Waals surface area contributed by atoms with Gasteiger partial charge in [0.05, 0.1) is 4.70 Å². The smallest absolute Gasteiger partial charge is 0.225 e. The monoisotopic (exact) mass is 327 g/mol. The van der Waals surface area contributed by atoms with Gasteiger partial charge in [-0.05, 0) is 19.2 Å². The summed E-state index contributed by atoms with van der Waals surface area (Å²) in [6, 6.07) is 2.04. The van der Waals surface area contributed by atoms with Gasteiger partial charge in [0.1, 0.15) is 11.3 Å². The van der Waals surface area contributed by atoms with Crippen molar-refractivity contribution < 1.29 is 13.6 Å². The lowest BCUT2D eigenvalue weighted by Gasteiger charge is -2.23. The van der Waals surface area contributed by atoms with Gasteiger partial charge in [0.2, 0.25) is 5.91 Å². The second-order valence-electron chi connectivity index (χ2n) is 4.93. The van der Waals surface area contributed by atoms with E-state index in [2.05, 4.69) is 23.7 Å². The number of halogens is 2. The Morgan fingerprint density at radius 2 is 1.91 bits per heavy atom. The fraction of sp³-hybridized carbons (Fsp3) is 0.467. The topological polar surface area (TPSA) is 36.4 Å². The standard InChI is InChI=1S/C15H19F2N3OS/c1-4-19(5-2)6-7-20(10(3)21)15-18-14-12(17)8-11(16)9-13(14)22-15/h8-9H,4-7H2,1-3H3. The molecule has 0 aliphatic rings. The van der Waals surface area contributed by atoms with Gasteiger partial charge in [-0.25, -0.2) is 13.8 Å². The molecule has 0 radical (unpaired) electrons. The van der Waals surface area contributed by atoms with Crippen LogP contribution in [-0.4, -0.2) is 42.0 Å². The van der Waals surface area contributed by atoms with Gasteiger partial charge < -0.3 is 4.90 Å². The molecular weight excluding hydrogens is 308 g/mol. The highest BCUT2D eigenvalue weighted by atomic mass is 32.1. The van der Waals surface area contributed by atoms with Gasteiger partial charge in [0.15, 0.2) is 10.9 Å². The molecule has 1 heterocycles. The van der Waals surface area contributed by atoms with E-state index in [4.69, 9.17) is 0 Å². The van der Waals surface area contributed by atoms with Crippen LogP contribution in [0.25, 0.3) is 10.2 Å². The molecule has 22 heavy (non-hydrogen) atoms. The normalized spacial score (nSPS) is 11.4. The zero-order chi connectivity index (χ0) is 16.3. The van der Waals surface area contributed by atoms with Crippen molar-refractivity contribution in [1.82, 2.24) is 9.88 Å². The molecule has 0 N–H and O–H groups in total. The Balaban J connectivity index is 2.29. The van der Waals surface area contributed by atoms with Crippen LogP contribution in [0.3, 0.4) is 0 Å². The lowest BCUT2D eigenvalue weighted by atomic mass is 10.3. The minimum atomic E-state index is -0.704. The summed E-state index contributed by atoms with van der Waals surface area (Å²) in [6.07, 6.45) is 0. The van der Waals surface area contributed by atoms with Crippen molar-refractivity contribution >= 4 is 32.6 Å². The average molecular weight is 327 g/mol. The zero-order valence-electron chi connectivity index (χ0n) is 12.9. The van der Waals surface area contributed by atoms with Crippen LogP contribution < -0.4 is 4.90 Å². The zero-order valence-corrected chi connectivity index (χ0v) is 13.7. The highest BCUT2D eigenvalue weighted by molar-refractivity contribution is 7.22. The molecule has 1 amide bonds. The van der Waals surface area contributed by atoms with Gasteiger partial charge >= 0.3 is 0 Å². The number of carbonyl (C=O) groups excluding carboxylic acids is 1. The molecule has 7 heteroatoms. The predicted molar refractivity (Wildman–Crippen MR) is 85.4 cm³/mol. The van der Waals surface area contributed by atoms with Crippen molar-refractivity contribution in [3.05, 3.63) is 23.8 Å². The van der Waals surface area contributed by atoms with Gasteiger partial charge in [-0.2, -0.15) is 0 Å². The summed E-state index contributed by atoms with van der Waals surface area (Å²) >= 11 is 1.12. The van der Waals surface area contributed by atoms with Crippen LogP contribution in [0.4, 0.5) is 13.9 Å². The summed E-state index contributed by atoms with van der Waals surface area (Å²) in [7, 11) is 0. The number of nitrogens with zero attached hydrogens (tertiary/aromatic N) is 3. The summed E-state index contributed by atoms with van der Waals surface area (Å²) < 4.78 is 27.4. The number of fused-ring (bicyclic) bond motifs is 1. The Bertz CT molecular complexity index is 670. The Kier molecular flexibility index (Phi) is 5.42. The van der Waals surface area contributed by atoms with Crippen molar-refractivity contribution in [1.29, 1.82) is 0 Å². The summed E-state index contributed by atoms with van der Waals surface area (Å²) in [5.74, 6) is -1.51. The Hall–Kier alpha value is -1.60. The molecule has 1 aromatic heterocycles. The highest BCUT2D eigenvalue weighted by Crippen LogP contribution is 2.31. The number of amides is 1. The van der Waals surface area contributed by atoms with Gasteiger partial charge in [-0.1, -0.05) is 25.2 Å². The van der Waals surface area contributed by atoms with Gasteiger partial charge in [-0.15, -0.1) is 0 Å². The van der Waals surface area contributed by atoms with E-state index in [1.54, 1.807) is 0 Å². The largest absolute Gasteiger partial charge is 0.302 e. The summed E-state index contributed by atoms with van der Waals surface area (Å²) in [4.78, 5) is 19.7. The second kappa shape index (κ2) is 7.11. The van der Waals surface area contributed by atoms with Gasteiger partial charge in [0.25, 0.3) is 0 Å². The van der Waals surface area contributed by atoms with Crippen molar-refractivity contribution in [3.8, 4) is 0 Å². The van der Waals surface area contributed by atoms with Crippen LogP contribution in [-0.2, 0) is 4.79 Å². The maximum Gasteiger partial charge on any atom is 0.225 e. The molecule has 2 aromatic rings. The van der Waals surface area contributed by atoms with Crippen LogP contribution in [0.1, 0.15) is 20.8 Å². The molecule has 0 atom stereocenters. The summed E-state index contributed by atoms with van der Waals surface area (Å²) in [6.45, 7) is 8.52. The third kappa shape index (κ3) is 3.59. The minimum Gasteiger partial charge on any atom is -0.302 e. The Morgan fingerprint density at radius 1 is 1.23 bits per heavy atom. The summed E-state index contributed by atoms with van der Waals surface area (Å²) in [5, 5.41) is 0.402. The molecule has 0 fully saturated rings. The maximum absolute atomic E-state index is 13.7. The SMILES string of the molecule is CCN(CC)CCN(C(C)=O)c1nc2c(F)cc(F)cc2s1. The predicted octanol–water partition coefficient (Wildman–Crippen LogP) is 3.27. The lowest BCUT2D eigenvalue weighted by molar-refractivity contribution is -0.116. The second-order valence-corrected chi connectivity index (χ2v) is 5.94. The Labute approximate surface area is 132 Å². The van der Waals surface area contributed by atoms with Crippen molar-refractivity contribution in [3.63, 3.8) is 0 Å². The van der Waals surface area contributed by atoms with E-state index in [1.807, 2.05) is 0 Å². The van der Waals surface area contributed by atoms with E-state index in [0.29, 0.717) is 22.9 Å². The number of hydrogen-bond donors (Lipinski definition) is 0. The van der Waals surface area contributed by atoms with Crippen molar-refractivity contribution in [2.75, 3.05) is 31.1 Å². The number of anilines is 1. The number of thiazole rings is 1. The summed E-state index contributed by atoms with van der Waals surface area (Å²) in [5.41, 5.74) is 0.107. The fourth-order valence-electron chi connectivity index (χ4n) is 2.23. The van der Waals surface area contributed by atoms with Crippen LogP contribution in [0, 0.1) is 11.6 Å². The molecule has 0 saturated carbocycles. The van der Waals surface area contributed by atoms with E-state index < -0.39 is 11.6 Å². The number of hydrogen-bond acceptors (Lipinski definition) is 4. The van der Waals surface area contributed by atoms with E-state index in [9.17, 15) is 13.6 Å². The Morgan fingerprint density at radius 3 is 2.50 bits per heavy atom. The van der Waals surface area contributed by atoms with Crippen molar-refractivity contribution in [2.24, 2.45) is 0 Å². The first-order valence-electron chi connectivity index (χ1n) is 7.22. The van der Waals surface area contributed by atoms with Crippen LogP contribution in [0.2, 0.25) is 0 Å². The average Bonchev–Trinajstić information content (AvgIpc) is 2.87. The first-order chi connectivity index (χ1) is 10.5. The molecular formula is C15H19F2N3OS. The van der Waals surface area contributed by atoms with Gasteiger partial charge in [0, 0.05) is 26.1 Å². The third-order valence-electron chi connectivity index (χ3n) is 3.55. The van der Waals surface area contributed by atoms with Crippen LogP contribution in [0.5, 0.6) is 0 Å². The fourth-order valence-corrected chi connectivity index (χ4v) is 3.30. The number of rotatable bonds is 6. The quantitative estimate of drug-likeness (QED) is 0.817. The van der Waals surface area contributed by atoms with Crippen molar-refractivity contribution in [2.45, 2.75) is 20.8 Å². The number of likely N-dealkylation sites (N-methyl/N-ethyl adjacent to an activating group) is 1. The number of aromatic nitrogens is 1. The number of carbonyl (C=O) groups is 1. The molecule has 0 unspecified atom stereocenters. The molecule has 0 aliphatic carbocycles. The molecule has 0 saturated heterocycles. The maximum atomic E-state index is 13.7. The van der Waals surface area contributed by atoms with E-state index in [-0.39, 0.29) is 11.4 Å². The molecule has 120 valence electrons. The molecule has 2 rings (SSSR count). The molecule has 4 nitrogen and oxygen atoms in total. The van der Waals surface area contributed by atoms with Gasteiger partial charge in [-0.3, -0.25) is 9.69 Å². The number of benzene rings is 1. The van der Waals surface area contributed by atoms with E-state index in [0.717, 1.165) is 30.5 Å². The van der Waals surface area contributed by atoms with E-state index >= 15 is 0 Å². The molecule has 0 spiro atoms. The van der Waals surface area contributed by atoms with E-state index in [1.165, 1.54) is 17.9 Å². The first kappa shape index (κ1) is 16.8. The van der Waals surface area contributed by atoms with Crippen LogP contribution >= 0.6 is 11.3 Å². The molecule has 1 aromatic carbocycles. The minimum absolute atomic E-state index is 0.107. The van der Waals surface area contributed by atoms with Crippen LogP contribution in [0.15, 0.2) is 12.1 Å². The lowest BCUT2D eigenvalue weighted by Crippen LogP contribution is -2.37. The highest BCUT2D eigenvalue weighted by Gasteiger charge is 2.19. The third-order valence-corrected chi connectivity index (χ3v) is 4.57. The molecule has 0 bridgehead atoms.